The number of hydrogen-bond donors (Lipinski definition) is 0. The predicted molar refractivity (Wildman–Crippen MR) is 61.4 cm³/mol. The van der Waals surface area contributed by atoms with Gasteiger partial charge in [-0.2, -0.15) is 0 Å². The molecule has 0 saturated carbocycles. The highest BCUT2D eigenvalue weighted by Crippen LogP contribution is 2.21. The van der Waals surface area contributed by atoms with Crippen LogP contribution in [-0.2, 0) is 9.53 Å². The maximum atomic E-state index is 11.7. The minimum absolute atomic E-state index is 0.111. The highest BCUT2D eigenvalue weighted by molar-refractivity contribution is 6.63. The number of carbonyl (C=O) groups is 2. The van der Waals surface area contributed by atoms with E-state index in [9.17, 15) is 9.59 Å². The topological polar surface area (TPSA) is 46.6 Å². The molecule has 0 N–H and O–H groups in total. The van der Waals surface area contributed by atoms with E-state index in [0.717, 1.165) is 0 Å². The molecule has 1 rings (SSSR count). The van der Waals surface area contributed by atoms with Crippen LogP contribution in [0.4, 0.5) is 4.79 Å². The second kappa shape index (κ2) is 5.04. The van der Waals surface area contributed by atoms with Gasteiger partial charge in [0.1, 0.15) is 5.60 Å². The summed E-state index contributed by atoms with van der Waals surface area (Å²) in [5.41, 5.74) is -0.476. The molecule has 0 atom stereocenters. The lowest BCUT2D eigenvalue weighted by molar-refractivity contribution is -0.116. The minimum atomic E-state index is -0.476. The second-order valence-electron chi connectivity index (χ2n) is 5.05. The van der Waals surface area contributed by atoms with Crippen LogP contribution in [0.15, 0.2) is 0 Å². The van der Waals surface area contributed by atoms with Crippen LogP contribution in [0.3, 0.4) is 0 Å². The first-order valence-electron chi connectivity index (χ1n) is 5.47. The standard InChI is InChI=1S/C11H18ClNO3/c1-11(2,3)16-10(15)13-6-4-8(5-7-13)9(12)14/h8H,4-7H2,1-3H3. The van der Waals surface area contributed by atoms with Gasteiger partial charge in [-0.25, -0.2) is 4.79 Å². The SMILES string of the molecule is CC(C)(C)OC(=O)N1CCC(C(=O)Cl)CC1. The summed E-state index contributed by atoms with van der Waals surface area (Å²) in [5.74, 6) is -0.111. The molecular formula is C11H18ClNO3. The fourth-order valence-electron chi connectivity index (χ4n) is 1.62. The van der Waals surface area contributed by atoms with Gasteiger partial charge in [0.2, 0.25) is 5.24 Å². The Kier molecular flexibility index (Phi) is 4.19. The highest BCUT2D eigenvalue weighted by atomic mass is 35.5. The number of rotatable bonds is 1. The van der Waals surface area contributed by atoms with Gasteiger partial charge in [0, 0.05) is 19.0 Å². The van der Waals surface area contributed by atoms with Gasteiger partial charge in [0.15, 0.2) is 0 Å². The Bertz CT molecular complexity index is 277. The van der Waals surface area contributed by atoms with Crippen molar-refractivity contribution in [3.8, 4) is 0 Å². The molecule has 1 heterocycles. The number of likely N-dealkylation sites (tertiary alicyclic amines) is 1. The van der Waals surface area contributed by atoms with Crippen molar-refractivity contribution in [3.05, 3.63) is 0 Å². The molecule has 0 aromatic rings. The van der Waals surface area contributed by atoms with E-state index >= 15 is 0 Å². The minimum Gasteiger partial charge on any atom is -0.444 e. The number of hydrogen-bond acceptors (Lipinski definition) is 3. The molecular weight excluding hydrogens is 230 g/mol. The van der Waals surface area contributed by atoms with E-state index in [2.05, 4.69) is 0 Å². The molecule has 0 bridgehead atoms. The van der Waals surface area contributed by atoms with Crippen molar-refractivity contribution in [2.24, 2.45) is 5.92 Å². The van der Waals surface area contributed by atoms with Crippen LogP contribution in [0.1, 0.15) is 33.6 Å². The van der Waals surface area contributed by atoms with Crippen LogP contribution in [0.5, 0.6) is 0 Å². The molecule has 1 aliphatic rings. The average Bonchev–Trinajstić information content (AvgIpc) is 2.15. The molecule has 1 aliphatic heterocycles. The molecule has 92 valence electrons. The first kappa shape index (κ1) is 13.3. The van der Waals surface area contributed by atoms with Gasteiger partial charge in [-0.05, 0) is 45.2 Å². The van der Waals surface area contributed by atoms with Crippen LogP contribution >= 0.6 is 11.6 Å². The molecule has 5 heteroatoms. The molecule has 1 amide bonds. The van der Waals surface area contributed by atoms with Crippen LogP contribution in [-0.4, -0.2) is 34.9 Å². The first-order valence-corrected chi connectivity index (χ1v) is 5.84. The van der Waals surface area contributed by atoms with Crippen molar-refractivity contribution >= 4 is 22.9 Å². The third-order valence-corrected chi connectivity index (χ3v) is 2.78. The molecule has 0 aromatic carbocycles. The smallest absolute Gasteiger partial charge is 0.410 e. The zero-order valence-corrected chi connectivity index (χ0v) is 10.7. The normalized spacial score (nSPS) is 18.4. The summed E-state index contributed by atoms with van der Waals surface area (Å²) in [4.78, 5) is 24.2. The molecule has 1 fully saturated rings. The van der Waals surface area contributed by atoms with Gasteiger partial charge >= 0.3 is 6.09 Å². The van der Waals surface area contributed by atoms with E-state index in [0.29, 0.717) is 25.9 Å². The summed E-state index contributed by atoms with van der Waals surface area (Å²) in [7, 11) is 0. The van der Waals surface area contributed by atoms with Crippen LogP contribution in [0.25, 0.3) is 0 Å². The Hall–Kier alpha value is -0.770. The van der Waals surface area contributed by atoms with Gasteiger partial charge in [0.25, 0.3) is 0 Å². The van der Waals surface area contributed by atoms with E-state index < -0.39 is 5.60 Å². The Morgan fingerprint density at radius 3 is 2.12 bits per heavy atom. The van der Waals surface area contributed by atoms with Crippen LogP contribution in [0.2, 0.25) is 0 Å². The lowest BCUT2D eigenvalue weighted by atomic mass is 9.99. The van der Waals surface area contributed by atoms with Crippen molar-refractivity contribution < 1.29 is 14.3 Å². The third kappa shape index (κ3) is 4.00. The first-order chi connectivity index (χ1) is 7.29. The average molecular weight is 248 g/mol. The molecule has 0 aromatic heterocycles. The van der Waals surface area contributed by atoms with Crippen molar-refractivity contribution in [1.29, 1.82) is 0 Å². The zero-order chi connectivity index (χ0) is 12.3. The maximum Gasteiger partial charge on any atom is 0.410 e. The lowest BCUT2D eigenvalue weighted by Gasteiger charge is -2.32. The van der Waals surface area contributed by atoms with Gasteiger partial charge in [-0.3, -0.25) is 4.79 Å². The molecule has 0 spiro atoms. The second-order valence-corrected chi connectivity index (χ2v) is 5.42. The Morgan fingerprint density at radius 1 is 1.25 bits per heavy atom. The zero-order valence-electron chi connectivity index (χ0n) is 9.96. The number of piperidine rings is 1. The molecule has 0 radical (unpaired) electrons. The molecule has 0 aliphatic carbocycles. The van der Waals surface area contributed by atoms with E-state index in [4.69, 9.17) is 16.3 Å². The molecule has 0 unspecified atom stereocenters. The van der Waals surface area contributed by atoms with Crippen molar-refractivity contribution in [2.45, 2.75) is 39.2 Å². The predicted octanol–water partition coefficient (Wildman–Crippen LogP) is 2.40. The number of ether oxygens (including phenoxy) is 1. The van der Waals surface area contributed by atoms with Crippen LogP contribution in [0, 0.1) is 5.92 Å². The Morgan fingerprint density at radius 2 is 1.75 bits per heavy atom. The monoisotopic (exact) mass is 247 g/mol. The van der Waals surface area contributed by atoms with E-state index in [1.807, 2.05) is 20.8 Å². The van der Waals surface area contributed by atoms with Crippen LogP contribution < -0.4 is 0 Å². The third-order valence-electron chi connectivity index (χ3n) is 2.47. The van der Waals surface area contributed by atoms with E-state index in [1.54, 1.807) is 4.90 Å². The highest BCUT2D eigenvalue weighted by Gasteiger charge is 2.28. The summed E-state index contributed by atoms with van der Waals surface area (Å²) in [6.07, 6.45) is 0.941. The Labute approximate surface area is 101 Å². The van der Waals surface area contributed by atoms with Gasteiger partial charge < -0.3 is 9.64 Å². The summed E-state index contributed by atoms with van der Waals surface area (Å²) < 4.78 is 5.24. The lowest BCUT2D eigenvalue weighted by Crippen LogP contribution is -2.42. The van der Waals surface area contributed by atoms with Crippen molar-refractivity contribution in [1.82, 2.24) is 4.90 Å². The quantitative estimate of drug-likeness (QED) is 0.669. The largest absolute Gasteiger partial charge is 0.444 e. The summed E-state index contributed by atoms with van der Waals surface area (Å²) in [5, 5.41) is -0.302. The fourth-order valence-corrected chi connectivity index (χ4v) is 1.83. The maximum absolute atomic E-state index is 11.7. The number of carbonyl (C=O) groups excluding carboxylic acids is 2. The number of nitrogens with zero attached hydrogens (tertiary/aromatic N) is 1. The molecule has 4 nitrogen and oxygen atoms in total. The summed E-state index contributed by atoms with van der Waals surface area (Å²) in [6, 6.07) is 0. The molecule has 1 saturated heterocycles. The number of amides is 1. The molecule has 16 heavy (non-hydrogen) atoms. The van der Waals surface area contributed by atoms with Crippen molar-refractivity contribution in [2.75, 3.05) is 13.1 Å². The van der Waals surface area contributed by atoms with Gasteiger partial charge in [-0.1, -0.05) is 0 Å². The summed E-state index contributed by atoms with van der Waals surface area (Å²) >= 11 is 5.42. The van der Waals surface area contributed by atoms with E-state index in [-0.39, 0.29) is 17.3 Å². The Balaban J connectivity index is 2.42. The fraction of sp³-hybridized carbons (Fsp3) is 0.818. The van der Waals surface area contributed by atoms with Gasteiger partial charge in [0.05, 0.1) is 0 Å². The number of halogens is 1. The van der Waals surface area contributed by atoms with E-state index in [1.165, 1.54) is 0 Å². The van der Waals surface area contributed by atoms with Crippen molar-refractivity contribution in [3.63, 3.8) is 0 Å². The van der Waals surface area contributed by atoms with Gasteiger partial charge in [-0.15, -0.1) is 0 Å². The summed E-state index contributed by atoms with van der Waals surface area (Å²) in [6.45, 7) is 6.58.